The molecule has 8 nitrogen and oxygen atoms in total. The first-order valence-electron chi connectivity index (χ1n) is 5.49. The molecule has 0 spiro atoms. The summed E-state index contributed by atoms with van der Waals surface area (Å²) in [4.78, 5) is 25.5. The van der Waals surface area contributed by atoms with Crippen LogP contribution in [0.1, 0.15) is 21.7 Å². The van der Waals surface area contributed by atoms with Crippen molar-refractivity contribution in [1.29, 1.82) is 0 Å². The van der Waals surface area contributed by atoms with Gasteiger partial charge in [0.1, 0.15) is 6.20 Å². The van der Waals surface area contributed by atoms with E-state index < -0.39 is 10.8 Å². The van der Waals surface area contributed by atoms with Crippen molar-refractivity contribution in [2.24, 2.45) is 5.73 Å². The molecule has 0 aromatic carbocycles. The molecule has 1 amide bonds. The number of nitrogens with zero attached hydrogens (tertiary/aromatic N) is 4. The maximum absolute atomic E-state index is 11.5. The Balaban J connectivity index is 2.70. The quantitative estimate of drug-likeness (QED) is 0.673. The van der Waals surface area contributed by atoms with Crippen LogP contribution >= 0.6 is 15.9 Å². The summed E-state index contributed by atoms with van der Waals surface area (Å²) >= 11 is 3.36. The number of aryl methyl sites for hydroxylation is 1. The minimum Gasteiger partial charge on any atom is -0.365 e. The highest BCUT2D eigenvalue weighted by Crippen LogP contribution is 2.25. The second kappa shape index (κ2) is 5.00. The Hall–Kier alpha value is -2.29. The summed E-state index contributed by atoms with van der Waals surface area (Å²) in [7, 11) is 0. The van der Waals surface area contributed by atoms with E-state index >= 15 is 0 Å². The summed E-state index contributed by atoms with van der Waals surface area (Å²) in [5, 5.41) is 15.0. The van der Waals surface area contributed by atoms with Crippen molar-refractivity contribution >= 4 is 27.5 Å². The second-order valence-electron chi connectivity index (χ2n) is 4.08. The Morgan fingerprint density at radius 2 is 2.15 bits per heavy atom. The molecule has 0 aliphatic heterocycles. The number of nitrogens with two attached hydrogens (primary N) is 1. The molecule has 0 unspecified atom stereocenters. The topological polar surface area (TPSA) is 117 Å². The lowest BCUT2D eigenvalue weighted by atomic mass is 10.2. The molecule has 2 N–H and O–H groups in total. The molecule has 0 atom stereocenters. The summed E-state index contributed by atoms with van der Waals surface area (Å²) in [6.45, 7) is 3.56. The van der Waals surface area contributed by atoms with E-state index in [1.165, 1.54) is 4.68 Å². The van der Waals surface area contributed by atoms with Crippen molar-refractivity contribution < 1.29 is 9.72 Å². The number of carbonyl (C=O) groups excluding carboxylic acids is 1. The fourth-order valence-corrected chi connectivity index (χ4v) is 1.97. The maximum atomic E-state index is 11.5. The van der Waals surface area contributed by atoms with E-state index in [1.54, 1.807) is 13.8 Å². The molecule has 2 heterocycles. The van der Waals surface area contributed by atoms with Crippen LogP contribution in [0.25, 0.3) is 5.82 Å². The molecular weight excluding hydrogens is 330 g/mol. The first-order valence-corrected chi connectivity index (χ1v) is 6.28. The number of aromatic nitrogens is 3. The number of carbonyl (C=O) groups is 1. The lowest BCUT2D eigenvalue weighted by Crippen LogP contribution is -2.17. The van der Waals surface area contributed by atoms with E-state index in [-0.39, 0.29) is 17.1 Å². The Morgan fingerprint density at radius 3 is 2.60 bits per heavy atom. The summed E-state index contributed by atoms with van der Waals surface area (Å²) < 4.78 is 2.19. The monoisotopic (exact) mass is 339 g/mol. The first kappa shape index (κ1) is 14.1. The first-order chi connectivity index (χ1) is 9.32. The van der Waals surface area contributed by atoms with Crippen LogP contribution in [0.3, 0.4) is 0 Å². The van der Waals surface area contributed by atoms with Gasteiger partial charge in [-0.05, 0) is 29.8 Å². The van der Waals surface area contributed by atoms with E-state index in [0.717, 1.165) is 16.7 Å². The van der Waals surface area contributed by atoms with Crippen molar-refractivity contribution in [1.82, 2.24) is 14.8 Å². The standard InChI is InChI=1S/C11H10BrN5O3/c1-5-9(12)6(2)16(15-5)11-8(10(13)18)3-7(4-14-11)17(19)20/h3-4H,1-2H3,(H2,13,18). The van der Waals surface area contributed by atoms with Gasteiger partial charge in [0.25, 0.3) is 11.6 Å². The van der Waals surface area contributed by atoms with Crippen LogP contribution in [0.5, 0.6) is 0 Å². The van der Waals surface area contributed by atoms with Crippen LogP contribution in [-0.4, -0.2) is 25.6 Å². The third-order valence-electron chi connectivity index (χ3n) is 2.73. The molecule has 2 aromatic heterocycles. The molecular formula is C11H10BrN5O3. The molecule has 0 saturated carbocycles. The van der Waals surface area contributed by atoms with Crippen LogP contribution in [0, 0.1) is 24.0 Å². The van der Waals surface area contributed by atoms with Gasteiger partial charge >= 0.3 is 0 Å². The number of primary amides is 1. The third-order valence-corrected chi connectivity index (χ3v) is 3.88. The zero-order valence-electron chi connectivity index (χ0n) is 10.6. The van der Waals surface area contributed by atoms with Crippen molar-refractivity contribution in [2.75, 3.05) is 0 Å². The van der Waals surface area contributed by atoms with Gasteiger partial charge < -0.3 is 5.73 Å². The van der Waals surface area contributed by atoms with Crippen molar-refractivity contribution in [3.8, 4) is 5.82 Å². The van der Waals surface area contributed by atoms with Gasteiger partial charge in [-0.1, -0.05) is 0 Å². The minimum absolute atomic E-state index is 0.0581. The van der Waals surface area contributed by atoms with Gasteiger partial charge in [0, 0.05) is 6.07 Å². The highest BCUT2D eigenvalue weighted by Gasteiger charge is 2.20. The number of pyridine rings is 1. The van der Waals surface area contributed by atoms with Gasteiger partial charge in [-0.3, -0.25) is 14.9 Å². The zero-order valence-corrected chi connectivity index (χ0v) is 12.2. The highest BCUT2D eigenvalue weighted by atomic mass is 79.9. The predicted molar refractivity (Wildman–Crippen MR) is 73.7 cm³/mol. The van der Waals surface area contributed by atoms with Crippen molar-refractivity contribution in [3.63, 3.8) is 0 Å². The van der Waals surface area contributed by atoms with Crippen LogP contribution in [0.4, 0.5) is 5.69 Å². The number of halogens is 1. The predicted octanol–water partition coefficient (Wildman–Crippen LogP) is 1.65. The van der Waals surface area contributed by atoms with Crippen LogP contribution in [-0.2, 0) is 0 Å². The largest absolute Gasteiger partial charge is 0.365 e. The second-order valence-corrected chi connectivity index (χ2v) is 4.88. The van der Waals surface area contributed by atoms with Crippen molar-refractivity contribution in [2.45, 2.75) is 13.8 Å². The van der Waals surface area contributed by atoms with E-state index in [0.29, 0.717) is 11.4 Å². The van der Waals surface area contributed by atoms with E-state index in [9.17, 15) is 14.9 Å². The molecule has 0 aliphatic carbocycles. The lowest BCUT2D eigenvalue weighted by Gasteiger charge is -2.07. The average molecular weight is 340 g/mol. The fourth-order valence-electron chi connectivity index (χ4n) is 1.73. The summed E-state index contributed by atoms with van der Waals surface area (Å²) in [6.07, 6.45) is 1.06. The van der Waals surface area contributed by atoms with Gasteiger partial charge in [0.2, 0.25) is 0 Å². The smallest absolute Gasteiger partial charge is 0.288 e. The number of nitro groups is 1. The van der Waals surface area contributed by atoms with Crippen LogP contribution in [0.2, 0.25) is 0 Å². The highest BCUT2D eigenvalue weighted by molar-refractivity contribution is 9.10. The molecule has 0 fully saturated rings. The van der Waals surface area contributed by atoms with Gasteiger partial charge in [-0.25, -0.2) is 9.67 Å². The summed E-state index contributed by atoms with van der Waals surface area (Å²) in [5.41, 5.74) is 6.32. The molecule has 0 saturated heterocycles. The Kier molecular flexibility index (Phi) is 3.53. The molecule has 20 heavy (non-hydrogen) atoms. The lowest BCUT2D eigenvalue weighted by molar-refractivity contribution is -0.385. The molecule has 2 rings (SSSR count). The minimum atomic E-state index is -0.806. The summed E-state index contributed by atoms with van der Waals surface area (Å²) in [5.74, 6) is -0.644. The number of amides is 1. The maximum Gasteiger partial charge on any atom is 0.288 e. The van der Waals surface area contributed by atoms with Gasteiger partial charge in [0.05, 0.1) is 26.3 Å². The van der Waals surface area contributed by atoms with Crippen molar-refractivity contribution in [3.05, 3.63) is 43.8 Å². The molecule has 0 radical (unpaired) electrons. The average Bonchev–Trinajstić information content (AvgIpc) is 2.65. The normalized spacial score (nSPS) is 10.6. The number of hydrogen-bond donors (Lipinski definition) is 1. The van der Waals surface area contributed by atoms with Crippen LogP contribution < -0.4 is 5.73 Å². The Morgan fingerprint density at radius 1 is 1.50 bits per heavy atom. The zero-order chi connectivity index (χ0) is 15.0. The number of rotatable bonds is 3. The van der Waals surface area contributed by atoms with Gasteiger partial charge in [0.15, 0.2) is 5.82 Å². The van der Waals surface area contributed by atoms with Gasteiger partial charge in [-0.15, -0.1) is 0 Å². The van der Waals surface area contributed by atoms with Crippen LogP contribution in [0.15, 0.2) is 16.7 Å². The molecule has 2 aromatic rings. The Bertz CT molecular complexity index is 725. The SMILES string of the molecule is Cc1nn(-c2ncc([N+](=O)[O-])cc2C(N)=O)c(C)c1Br. The number of hydrogen-bond acceptors (Lipinski definition) is 5. The molecule has 9 heteroatoms. The fraction of sp³-hybridized carbons (Fsp3) is 0.182. The molecule has 104 valence electrons. The molecule has 0 aliphatic rings. The molecule has 0 bridgehead atoms. The summed E-state index contributed by atoms with van der Waals surface area (Å²) in [6, 6.07) is 1.09. The Labute approximate surface area is 121 Å². The van der Waals surface area contributed by atoms with E-state index in [1.807, 2.05) is 0 Å². The van der Waals surface area contributed by atoms with E-state index in [4.69, 9.17) is 5.73 Å². The van der Waals surface area contributed by atoms with Gasteiger partial charge in [-0.2, -0.15) is 5.10 Å². The third kappa shape index (κ3) is 2.27. The van der Waals surface area contributed by atoms with E-state index in [2.05, 4.69) is 26.0 Å².